The van der Waals surface area contributed by atoms with Gasteiger partial charge in [0.05, 0.1) is 6.61 Å². The molecule has 5 aliphatic rings. The molecule has 5 rings (SSSR count). The summed E-state index contributed by atoms with van der Waals surface area (Å²) >= 11 is 0. The molecule has 0 unspecified atom stereocenters. The van der Waals surface area contributed by atoms with E-state index in [1.807, 2.05) is 6.08 Å². The van der Waals surface area contributed by atoms with Gasteiger partial charge in [0, 0.05) is 5.92 Å². The summed E-state index contributed by atoms with van der Waals surface area (Å²) in [5.41, 5.74) is 0. The molecular weight excluding hydrogens is 224 g/mol. The predicted octanol–water partition coefficient (Wildman–Crippen LogP) is 3.32. The van der Waals surface area contributed by atoms with E-state index in [1.54, 1.807) is 0 Å². The molecule has 2 nitrogen and oxygen atoms in total. The Morgan fingerprint density at radius 2 is 1.72 bits per heavy atom. The monoisotopic (exact) mass is 246 g/mol. The summed E-state index contributed by atoms with van der Waals surface area (Å²) in [5, 5.41) is 0. The lowest BCUT2D eigenvalue weighted by Gasteiger charge is -2.53. The average molecular weight is 246 g/mol. The van der Waals surface area contributed by atoms with E-state index in [0.29, 0.717) is 29.3 Å². The van der Waals surface area contributed by atoms with Crippen LogP contribution in [0, 0.1) is 29.6 Å². The molecule has 18 heavy (non-hydrogen) atoms. The minimum Gasteiger partial charge on any atom is -0.490 e. The Kier molecular flexibility index (Phi) is 2.53. The number of hydrogen-bond acceptors (Lipinski definition) is 2. The summed E-state index contributed by atoms with van der Waals surface area (Å²) in [7, 11) is 0. The van der Waals surface area contributed by atoms with Crippen molar-refractivity contribution < 1.29 is 9.53 Å². The van der Waals surface area contributed by atoms with Crippen molar-refractivity contribution in [1.29, 1.82) is 0 Å². The number of ether oxygens (including phenoxy) is 1. The summed E-state index contributed by atoms with van der Waals surface area (Å²) in [6.07, 6.45) is 10.8. The van der Waals surface area contributed by atoms with Gasteiger partial charge < -0.3 is 4.74 Å². The smallest absolute Gasteiger partial charge is 0.200 e. The van der Waals surface area contributed by atoms with Gasteiger partial charge in [-0.3, -0.25) is 4.79 Å². The van der Waals surface area contributed by atoms with Gasteiger partial charge in [0.25, 0.3) is 0 Å². The van der Waals surface area contributed by atoms with Crippen LogP contribution in [0.1, 0.15) is 44.9 Å². The Hall–Kier alpha value is -0.790. The van der Waals surface area contributed by atoms with E-state index in [0.717, 1.165) is 31.3 Å². The fourth-order valence-electron chi connectivity index (χ4n) is 5.25. The van der Waals surface area contributed by atoms with E-state index >= 15 is 0 Å². The van der Waals surface area contributed by atoms with Gasteiger partial charge >= 0.3 is 0 Å². The molecule has 0 amide bonds. The van der Waals surface area contributed by atoms with Crippen LogP contribution in [0.5, 0.6) is 0 Å². The SMILES string of the molecule is O=C(C1=CCCCO1)C1C2CC3CC(C2)CC1C3. The number of carbonyl (C=O) groups excluding carboxylic acids is 1. The molecule has 4 bridgehead atoms. The van der Waals surface area contributed by atoms with Crippen molar-refractivity contribution in [2.24, 2.45) is 29.6 Å². The number of Topliss-reactive ketones (excluding diaryl/α,β-unsaturated/α-hetero) is 1. The van der Waals surface area contributed by atoms with Crippen LogP contribution in [0.25, 0.3) is 0 Å². The lowest BCUT2D eigenvalue weighted by molar-refractivity contribution is -0.135. The summed E-state index contributed by atoms with van der Waals surface area (Å²) < 4.78 is 5.61. The highest BCUT2D eigenvalue weighted by molar-refractivity contribution is 5.96. The van der Waals surface area contributed by atoms with Crippen LogP contribution in [-0.4, -0.2) is 12.4 Å². The van der Waals surface area contributed by atoms with Gasteiger partial charge in [0.1, 0.15) is 0 Å². The average Bonchev–Trinajstić information content (AvgIpc) is 2.38. The largest absolute Gasteiger partial charge is 0.490 e. The number of hydrogen-bond donors (Lipinski definition) is 0. The van der Waals surface area contributed by atoms with Crippen LogP contribution in [0.2, 0.25) is 0 Å². The van der Waals surface area contributed by atoms with E-state index in [-0.39, 0.29) is 0 Å². The lowest BCUT2D eigenvalue weighted by Crippen LogP contribution is -2.48. The van der Waals surface area contributed by atoms with Crippen LogP contribution >= 0.6 is 0 Å². The highest BCUT2D eigenvalue weighted by atomic mass is 16.5. The molecule has 4 saturated carbocycles. The van der Waals surface area contributed by atoms with Crippen molar-refractivity contribution in [3.05, 3.63) is 11.8 Å². The predicted molar refractivity (Wildman–Crippen MR) is 68.8 cm³/mol. The molecule has 4 aliphatic carbocycles. The Bertz CT molecular complexity index is 368. The summed E-state index contributed by atoms with van der Waals surface area (Å²) in [5.74, 6) is 4.61. The van der Waals surface area contributed by atoms with Gasteiger partial charge in [-0.25, -0.2) is 0 Å². The number of ketones is 1. The highest BCUT2D eigenvalue weighted by Crippen LogP contribution is 2.57. The Balaban J connectivity index is 1.57. The molecule has 4 fully saturated rings. The Morgan fingerprint density at radius 1 is 1.06 bits per heavy atom. The van der Waals surface area contributed by atoms with Gasteiger partial charge in [-0.05, 0) is 74.7 Å². The Labute approximate surface area is 109 Å². The van der Waals surface area contributed by atoms with E-state index in [1.165, 1.54) is 32.1 Å². The topological polar surface area (TPSA) is 26.3 Å². The molecule has 0 radical (unpaired) electrons. The molecule has 0 aromatic rings. The highest BCUT2D eigenvalue weighted by Gasteiger charge is 2.51. The van der Waals surface area contributed by atoms with E-state index in [2.05, 4.69) is 0 Å². The van der Waals surface area contributed by atoms with Crippen molar-refractivity contribution in [2.45, 2.75) is 44.9 Å². The fourth-order valence-corrected chi connectivity index (χ4v) is 5.25. The molecule has 0 atom stereocenters. The first kappa shape index (κ1) is 11.1. The van der Waals surface area contributed by atoms with Gasteiger partial charge in [-0.15, -0.1) is 0 Å². The second-order valence-electron chi connectivity index (χ2n) is 6.88. The maximum absolute atomic E-state index is 12.7. The van der Waals surface area contributed by atoms with Gasteiger partial charge in [-0.1, -0.05) is 0 Å². The van der Waals surface area contributed by atoms with Crippen LogP contribution in [0.3, 0.4) is 0 Å². The quantitative estimate of drug-likeness (QED) is 0.747. The van der Waals surface area contributed by atoms with Crippen LogP contribution in [-0.2, 0) is 9.53 Å². The number of allylic oxidation sites excluding steroid dienone is 2. The summed E-state index contributed by atoms with van der Waals surface area (Å²) in [6.45, 7) is 0.741. The van der Waals surface area contributed by atoms with E-state index in [4.69, 9.17) is 4.74 Å². The molecule has 0 saturated heterocycles. The van der Waals surface area contributed by atoms with Crippen molar-refractivity contribution in [3.63, 3.8) is 0 Å². The van der Waals surface area contributed by atoms with Crippen molar-refractivity contribution >= 4 is 5.78 Å². The zero-order chi connectivity index (χ0) is 12.1. The van der Waals surface area contributed by atoms with Crippen LogP contribution in [0.15, 0.2) is 11.8 Å². The van der Waals surface area contributed by atoms with Gasteiger partial charge in [0.2, 0.25) is 5.78 Å². The zero-order valence-electron chi connectivity index (χ0n) is 10.9. The molecule has 2 heteroatoms. The molecule has 98 valence electrons. The minimum atomic E-state index is 0.308. The normalized spacial score (nSPS) is 45.6. The van der Waals surface area contributed by atoms with E-state index in [9.17, 15) is 4.79 Å². The standard InChI is InChI=1S/C16H22O2/c17-16(14-3-1-2-4-18-14)15-12-6-10-5-11(8-12)9-13(15)7-10/h3,10-13,15H,1-2,4-9H2. The molecule has 0 N–H and O–H groups in total. The first-order valence-corrected chi connectivity index (χ1v) is 7.68. The van der Waals surface area contributed by atoms with Gasteiger partial charge in [-0.2, -0.15) is 0 Å². The fraction of sp³-hybridized carbons (Fsp3) is 0.812. The maximum Gasteiger partial charge on any atom is 0.200 e. The summed E-state index contributed by atoms with van der Waals surface area (Å²) in [6, 6.07) is 0. The minimum absolute atomic E-state index is 0.308. The third kappa shape index (κ3) is 1.64. The second-order valence-corrected chi connectivity index (χ2v) is 6.88. The number of carbonyl (C=O) groups is 1. The maximum atomic E-state index is 12.7. The van der Waals surface area contributed by atoms with Crippen LogP contribution in [0.4, 0.5) is 0 Å². The molecule has 1 aliphatic heterocycles. The summed E-state index contributed by atoms with van der Waals surface area (Å²) in [4.78, 5) is 12.7. The zero-order valence-corrected chi connectivity index (χ0v) is 10.9. The van der Waals surface area contributed by atoms with Gasteiger partial charge in [0.15, 0.2) is 5.76 Å². The molecular formula is C16H22O2. The van der Waals surface area contributed by atoms with Crippen LogP contribution < -0.4 is 0 Å². The third-order valence-electron chi connectivity index (χ3n) is 5.71. The van der Waals surface area contributed by atoms with Crippen molar-refractivity contribution in [2.75, 3.05) is 6.61 Å². The molecule has 1 heterocycles. The first-order chi connectivity index (χ1) is 8.81. The second kappa shape index (κ2) is 4.11. The molecule has 0 aromatic heterocycles. The third-order valence-corrected chi connectivity index (χ3v) is 5.71. The first-order valence-electron chi connectivity index (χ1n) is 7.68. The Morgan fingerprint density at radius 3 is 2.28 bits per heavy atom. The number of rotatable bonds is 2. The van der Waals surface area contributed by atoms with E-state index < -0.39 is 0 Å². The van der Waals surface area contributed by atoms with Crippen molar-refractivity contribution in [3.8, 4) is 0 Å². The molecule has 0 spiro atoms. The van der Waals surface area contributed by atoms with Crippen molar-refractivity contribution in [1.82, 2.24) is 0 Å². The lowest BCUT2D eigenvalue weighted by atomic mass is 9.51. The molecule has 0 aromatic carbocycles.